The second-order valence-electron chi connectivity index (χ2n) is 15.0. The van der Waals surface area contributed by atoms with Gasteiger partial charge in [-0.2, -0.15) is 0 Å². The van der Waals surface area contributed by atoms with Crippen molar-refractivity contribution >= 4 is 24.0 Å². The van der Waals surface area contributed by atoms with Gasteiger partial charge in [0.2, 0.25) is 23.6 Å². The van der Waals surface area contributed by atoms with Crippen LogP contribution in [0, 0.1) is 11.8 Å². The Morgan fingerprint density at radius 1 is 0.724 bits per heavy atom. The van der Waals surface area contributed by atoms with E-state index in [9.17, 15) is 19.2 Å². The van der Waals surface area contributed by atoms with Gasteiger partial charge in [-0.05, 0) is 73.9 Å². The Hall–Kier alpha value is -6.06. The molecule has 2 saturated heterocycles. The quantitative estimate of drug-likeness (QED) is 0.125. The Bertz CT molecular complexity index is 2000. The van der Waals surface area contributed by atoms with E-state index >= 15 is 0 Å². The van der Waals surface area contributed by atoms with Crippen LogP contribution in [0.2, 0.25) is 0 Å². The first-order valence-corrected chi connectivity index (χ1v) is 19.9. The van der Waals surface area contributed by atoms with Crippen LogP contribution in [0.25, 0.3) is 22.8 Å². The van der Waals surface area contributed by atoms with Crippen LogP contribution in [0.3, 0.4) is 0 Å². The third-order valence-corrected chi connectivity index (χ3v) is 11.5. The van der Waals surface area contributed by atoms with Gasteiger partial charge in [-0.3, -0.25) is 9.59 Å². The maximum Gasteiger partial charge on any atom is 0.407 e. The molecule has 16 nitrogen and oxygen atoms in total. The van der Waals surface area contributed by atoms with E-state index in [2.05, 4.69) is 20.6 Å². The fraction of sp³-hybridized carbons (Fsp3) is 0.476. The van der Waals surface area contributed by atoms with Crippen LogP contribution in [0.1, 0.15) is 90.0 Å². The maximum atomic E-state index is 13.7. The van der Waals surface area contributed by atoms with Crippen molar-refractivity contribution in [2.75, 3.05) is 27.3 Å². The zero-order chi connectivity index (χ0) is 41.1. The molecule has 58 heavy (non-hydrogen) atoms. The number of hydrogen-bond donors (Lipinski definition) is 2. The number of rotatable bonds is 12. The Morgan fingerprint density at radius 3 is 1.83 bits per heavy atom. The molecule has 0 saturated carbocycles. The van der Waals surface area contributed by atoms with E-state index in [-0.39, 0.29) is 35.7 Å². The molecule has 16 heteroatoms. The number of carbonyl (C=O) groups excluding carboxylic acids is 4. The van der Waals surface area contributed by atoms with Crippen molar-refractivity contribution in [1.29, 1.82) is 0 Å². The van der Waals surface area contributed by atoms with Crippen LogP contribution < -0.4 is 20.1 Å². The number of nitrogens with zero attached hydrogens (tertiary/aromatic N) is 4. The van der Waals surface area contributed by atoms with Gasteiger partial charge < -0.3 is 48.2 Å². The van der Waals surface area contributed by atoms with Crippen LogP contribution in [-0.2, 0) is 19.1 Å². The molecule has 0 aliphatic carbocycles. The number of carbonyl (C=O) groups is 4. The van der Waals surface area contributed by atoms with Crippen molar-refractivity contribution < 1.29 is 47.0 Å². The minimum absolute atomic E-state index is 0.0955. The molecule has 308 valence electrons. The third-order valence-electron chi connectivity index (χ3n) is 11.5. The molecule has 5 heterocycles. The first-order valence-electron chi connectivity index (χ1n) is 19.9. The smallest absolute Gasteiger partial charge is 0.407 e. The number of hydrogen-bond acceptors (Lipinski definition) is 12. The Morgan fingerprint density at radius 2 is 1.26 bits per heavy atom. The molecule has 2 aromatic carbocycles. The van der Waals surface area contributed by atoms with Crippen molar-refractivity contribution in [2.45, 2.75) is 90.4 Å². The summed E-state index contributed by atoms with van der Waals surface area (Å²) in [7, 11) is 2.56. The summed E-state index contributed by atoms with van der Waals surface area (Å²) >= 11 is 0. The highest BCUT2D eigenvalue weighted by Gasteiger charge is 2.40. The molecule has 0 radical (unpaired) electrons. The number of likely N-dealkylation sites (tertiary alicyclic amines) is 2. The highest BCUT2D eigenvalue weighted by atomic mass is 16.6. The van der Waals surface area contributed by atoms with Gasteiger partial charge >= 0.3 is 12.2 Å². The van der Waals surface area contributed by atoms with Gasteiger partial charge in [0, 0.05) is 24.2 Å². The van der Waals surface area contributed by atoms with Gasteiger partial charge in [-0.15, -0.1) is 0 Å². The molecular weight excluding hydrogens is 748 g/mol. The van der Waals surface area contributed by atoms with Crippen LogP contribution in [0.4, 0.5) is 9.59 Å². The summed E-state index contributed by atoms with van der Waals surface area (Å²) in [4.78, 5) is 64.2. The van der Waals surface area contributed by atoms with E-state index in [0.29, 0.717) is 96.2 Å². The van der Waals surface area contributed by atoms with Crippen LogP contribution in [0.15, 0.2) is 57.6 Å². The highest BCUT2D eigenvalue weighted by Crippen LogP contribution is 2.48. The van der Waals surface area contributed by atoms with E-state index in [1.165, 1.54) is 14.2 Å². The SMILES string of the molecule is CC[C@H](C)[C@H](NC(=O)OC)C(=O)N1CCC[C@H]1c1cnc(-c2ccc3c(c2)Oc2ccc(-c4cnc([C@@H]5CCCN5C(=O)[C@@H](NC(=O)OC)[C@@H](C)CC)o4)cc2O3)o1. The monoisotopic (exact) mass is 798 g/mol. The lowest BCUT2D eigenvalue weighted by Gasteiger charge is -2.30. The molecule has 0 spiro atoms. The fourth-order valence-corrected chi connectivity index (χ4v) is 7.73. The van der Waals surface area contributed by atoms with E-state index in [1.807, 2.05) is 45.9 Å². The summed E-state index contributed by atoms with van der Waals surface area (Å²) in [5.41, 5.74) is 1.38. The second kappa shape index (κ2) is 17.2. The average molecular weight is 799 g/mol. The molecule has 6 atom stereocenters. The minimum Gasteiger partial charge on any atom is -0.453 e. The molecular formula is C42H50N6O10. The second-order valence-corrected chi connectivity index (χ2v) is 15.0. The average Bonchev–Trinajstić information content (AvgIpc) is 4.09. The maximum absolute atomic E-state index is 13.7. The lowest BCUT2D eigenvalue weighted by Crippen LogP contribution is -2.51. The molecule has 0 unspecified atom stereocenters. The number of methoxy groups -OCH3 is 2. The van der Waals surface area contributed by atoms with E-state index in [4.69, 9.17) is 27.8 Å². The molecule has 7 rings (SSSR count). The lowest BCUT2D eigenvalue weighted by molar-refractivity contribution is -0.136. The van der Waals surface area contributed by atoms with E-state index in [1.54, 1.807) is 40.4 Å². The summed E-state index contributed by atoms with van der Waals surface area (Å²) in [6.45, 7) is 8.86. The number of ether oxygens (including phenoxy) is 4. The first-order chi connectivity index (χ1) is 28.0. The summed E-state index contributed by atoms with van der Waals surface area (Å²) < 4.78 is 34.7. The Labute approximate surface area is 336 Å². The van der Waals surface area contributed by atoms with Crippen LogP contribution in [0.5, 0.6) is 23.0 Å². The number of nitrogens with one attached hydrogen (secondary N) is 2. The fourth-order valence-electron chi connectivity index (χ4n) is 7.73. The molecule has 3 aliphatic rings. The predicted octanol–water partition coefficient (Wildman–Crippen LogP) is 7.76. The van der Waals surface area contributed by atoms with Crippen molar-refractivity contribution in [3.63, 3.8) is 0 Å². The largest absolute Gasteiger partial charge is 0.453 e. The van der Waals surface area contributed by atoms with Crippen molar-refractivity contribution in [1.82, 2.24) is 30.4 Å². The number of amides is 4. The first kappa shape index (κ1) is 40.1. The van der Waals surface area contributed by atoms with Gasteiger partial charge in [0.15, 0.2) is 28.8 Å². The van der Waals surface area contributed by atoms with E-state index < -0.39 is 24.3 Å². The standard InChI is InChI=1S/C42H50N6O10/c1-7-23(3)35(45-41(51)53-5)39(49)47-17-9-11-27(47)34-22-43-37(58-34)26-14-16-30-32(20-26)56-29-15-13-25(19-31(29)55-30)33-21-44-38(57-33)28-12-10-18-48(28)40(50)36(24(4)8-2)46-42(52)54-6/h13-16,19-24,27-28,35-36H,7-12,17-18H2,1-6H3,(H,45,51)(H,46,52)/t23-,24-,27-,28-,35-,36-/m0/s1. The zero-order valence-electron chi connectivity index (χ0n) is 33.6. The summed E-state index contributed by atoms with van der Waals surface area (Å²) in [6.07, 6.45) is 6.33. The number of fused-ring (bicyclic) bond motifs is 2. The van der Waals surface area contributed by atoms with E-state index in [0.717, 1.165) is 12.8 Å². The molecule has 2 aromatic heterocycles. The molecule has 4 aromatic rings. The topological polar surface area (TPSA) is 188 Å². The summed E-state index contributed by atoms with van der Waals surface area (Å²) in [5.74, 6) is 3.24. The summed E-state index contributed by atoms with van der Waals surface area (Å²) in [5, 5.41) is 5.43. The number of alkyl carbamates (subject to hydrolysis) is 2. The van der Waals surface area contributed by atoms with Gasteiger partial charge in [-0.1, -0.05) is 40.5 Å². The van der Waals surface area contributed by atoms with Crippen molar-refractivity contribution in [3.05, 3.63) is 60.4 Å². The minimum atomic E-state index is -0.733. The zero-order valence-corrected chi connectivity index (χ0v) is 33.6. The number of aromatic nitrogens is 2. The normalized spacial score (nSPS) is 19.1. The lowest BCUT2D eigenvalue weighted by atomic mass is 9.97. The number of benzene rings is 2. The van der Waals surface area contributed by atoms with Crippen LogP contribution in [-0.4, -0.2) is 83.2 Å². The molecule has 2 N–H and O–H groups in total. The van der Waals surface area contributed by atoms with Crippen LogP contribution >= 0.6 is 0 Å². The van der Waals surface area contributed by atoms with Gasteiger partial charge in [0.1, 0.15) is 23.9 Å². The predicted molar refractivity (Wildman–Crippen MR) is 209 cm³/mol. The highest BCUT2D eigenvalue weighted by molar-refractivity contribution is 5.87. The van der Waals surface area contributed by atoms with Gasteiger partial charge in [-0.25, -0.2) is 19.6 Å². The molecule has 2 fully saturated rings. The van der Waals surface area contributed by atoms with Crippen molar-refractivity contribution in [2.24, 2.45) is 11.8 Å². The Balaban J connectivity index is 1.03. The Kier molecular flexibility index (Phi) is 11.9. The third kappa shape index (κ3) is 8.04. The molecule has 3 aliphatic heterocycles. The molecule has 4 amide bonds. The van der Waals surface area contributed by atoms with Gasteiger partial charge in [0.25, 0.3) is 0 Å². The number of oxazole rings is 2. The molecule has 0 bridgehead atoms. The van der Waals surface area contributed by atoms with Crippen molar-refractivity contribution in [3.8, 4) is 45.8 Å². The summed E-state index contributed by atoms with van der Waals surface area (Å²) in [6, 6.07) is 8.70. The van der Waals surface area contributed by atoms with Gasteiger partial charge in [0.05, 0.1) is 32.7 Å².